The predicted molar refractivity (Wildman–Crippen MR) is 79.9 cm³/mol. The average molecular weight is 287 g/mol. The summed E-state index contributed by atoms with van der Waals surface area (Å²) in [4.78, 5) is 0. The molecule has 20 heavy (non-hydrogen) atoms. The van der Waals surface area contributed by atoms with Crippen LogP contribution in [-0.4, -0.2) is 65.9 Å². The first-order valence-electron chi connectivity index (χ1n) is 7.37. The highest BCUT2D eigenvalue weighted by Crippen LogP contribution is 1.88. The predicted octanol–water partition coefficient (Wildman–Crippen LogP) is 1.08. The molecule has 118 valence electrons. The molecule has 0 radical (unpaired) electrons. The van der Waals surface area contributed by atoms with Crippen molar-refractivity contribution in [2.45, 2.75) is 19.8 Å². The van der Waals surface area contributed by atoms with Gasteiger partial charge in [0.25, 0.3) is 0 Å². The SMILES string of the molecule is C#CCNCCOCCOCCOCCOCCCC. The molecule has 0 fully saturated rings. The van der Waals surface area contributed by atoms with Gasteiger partial charge >= 0.3 is 0 Å². The monoisotopic (exact) mass is 287 g/mol. The van der Waals surface area contributed by atoms with Crippen LogP contribution < -0.4 is 5.32 Å². The van der Waals surface area contributed by atoms with E-state index in [1.54, 1.807) is 0 Å². The van der Waals surface area contributed by atoms with Crippen LogP contribution in [0.15, 0.2) is 0 Å². The van der Waals surface area contributed by atoms with Crippen LogP contribution in [-0.2, 0) is 18.9 Å². The second-order valence-electron chi connectivity index (χ2n) is 4.18. The third-order valence-corrected chi connectivity index (χ3v) is 2.41. The molecule has 0 saturated heterocycles. The van der Waals surface area contributed by atoms with Crippen molar-refractivity contribution in [3.05, 3.63) is 0 Å². The maximum absolute atomic E-state index is 5.37. The molecule has 0 rings (SSSR count). The van der Waals surface area contributed by atoms with E-state index in [1.807, 2.05) is 0 Å². The standard InChI is InChI=1S/C15H29NO4/c1-3-5-8-17-10-12-19-14-15-20-13-11-18-9-7-16-6-4-2/h2,16H,3,5-15H2,1H3. The molecule has 0 spiro atoms. The molecular weight excluding hydrogens is 258 g/mol. The van der Waals surface area contributed by atoms with E-state index in [0.29, 0.717) is 52.8 Å². The van der Waals surface area contributed by atoms with E-state index >= 15 is 0 Å². The summed E-state index contributed by atoms with van der Waals surface area (Å²) in [6.45, 7) is 8.64. The molecular formula is C15H29NO4. The van der Waals surface area contributed by atoms with E-state index in [-0.39, 0.29) is 0 Å². The van der Waals surface area contributed by atoms with Gasteiger partial charge in [0.15, 0.2) is 0 Å². The second kappa shape index (κ2) is 18.4. The Morgan fingerprint density at radius 2 is 1.30 bits per heavy atom. The Hall–Kier alpha value is -0.640. The molecule has 0 aliphatic carbocycles. The van der Waals surface area contributed by atoms with Gasteiger partial charge in [0.05, 0.1) is 52.8 Å². The Bertz CT molecular complexity index is 218. The third kappa shape index (κ3) is 17.4. The summed E-state index contributed by atoms with van der Waals surface area (Å²) >= 11 is 0. The van der Waals surface area contributed by atoms with Gasteiger partial charge in [0.1, 0.15) is 0 Å². The Morgan fingerprint density at radius 3 is 1.80 bits per heavy atom. The summed E-state index contributed by atoms with van der Waals surface area (Å²) in [5, 5.41) is 3.04. The molecule has 0 unspecified atom stereocenters. The Kier molecular flexibility index (Phi) is 17.8. The number of rotatable bonds is 16. The zero-order valence-electron chi connectivity index (χ0n) is 12.7. The van der Waals surface area contributed by atoms with Crippen LogP contribution >= 0.6 is 0 Å². The van der Waals surface area contributed by atoms with Gasteiger partial charge in [-0.1, -0.05) is 19.3 Å². The molecule has 0 saturated carbocycles. The van der Waals surface area contributed by atoms with Crippen LogP contribution in [0.1, 0.15) is 19.8 Å². The van der Waals surface area contributed by atoms with Crippen molar-refractivity contribution in [1.29, 1.82) is 0 Å². The van der Waals surface area contributed by atoms with E-state index in [2.05, 4.69) is 18.2 Å². The lowest BCUT2D eigenvalue weighted by molar-refractivity contribution is -0.00163. The highest BCUT2D eigenvalue weighted by atomic mass is 16.6. The molecule has 0 atom stereocenters. The molecule has 0 aromatic carbocycles. The van der Waals surface area contributed by atoms with Gasteiger partial charge in [-0.3, -0.25) is 0 Å². The maximum Gasteiger partial charge on any atom is 0.0701 e. The topological polar surface area (TPSA) is 49.0 Å². The van der Waals surface area contributed by atoms with Crippen LogP contribution in [0.5, 0.6) is 0 Å². The molecule has 1 N–H and O–H groups in total. The minimum atomic E-state index is 0.583. The van der Waals surface area contributed by atoms with Gasteiger partial charge in [-0.15, -0.1) is 6.42 Å². The van der Waals surface area contributed by atoms with E-state index < -0.39 is 0 Å². The van der Waals surface area contributed by atoms with Crippen LogP contribution in [0.4, 0.5) is 0 Å². The van der Waals surface area contributed by atoms with Crippen LogP contribution in [0, 0.1) is 12.3 Å². The van der Waals surface area contributed by atoms with Crippen molar-refractivity contribution in [1.82, 2.24) is 5.32 Å². The molecule has 0 aliphatic heterocycles. The quantitative estimate of drug-likeness (QED) is 0.340. The Morgan fingerprint density at radius 1 is 0.800 bits per heavy atom. The first-order valence-corrected chi connectivity index (χ1v) is 7.37. The van der Waals surface area contributed by atoms with Gasteiger partial charge < -0.3 is 24.3 Å². The number of hydrogen-bond donors (Lipinski definition) is 1. The minimum absolute atomic E-state index is 0.583. The van der Waals surface area contributed by atoms with Crippen molar-refractivity contribution >= 4 is 0 Å². The summed E-state index contributed by atoms with van der Waals surface area (Å²) in [6, 6.07) is 0. The third-order valence-electron chi connectivity index (χ3n) is 2.41. The Balaban J connectivity index is 2.91. The van der Waals surface area contributed by atoms with Gasteiger partial charge in [-0.2, -0.15) is 0 Å². The van der Waals surface area contributed by atoms with Crippen LogP contribution in [0.25, 0.3) is 0 Å². The summed E-state index contributed by atoms with van der Waals surface area (Å²) in [7, 11) is 0. The van der Waals surface area contributed by atoms with Gasteiger partial charge in [0.2, 0.25) is 0 Å². The molecule has 0 aliphatic rings. The zero-order valence-corrected chi connectivity index (χ0v) is 12.7. The fraction of sp³-hybridized carbons (Fsp3) is 0.867. The summed E-state index contributed by atoms with van der Waals surface area (Å²) in [5.41, 5.74) is 0. The second-order valence-corrected chi connectivity index (χ2v) is 4.18. The van der Waals surface area contributed by atoms with Gasteiger partial charge in [-0.25, -0.2) is 0 Å². The zero-order chi connectivity index (χ0) is 14.7. The first kappa shape index (κ1) is 19.4. The highest BCUT2D eigenvalue weighted by Gasteiger charge is 1.92. The first-order chi connectivity index (χ1) is 9.91. The van der Waals surface area contributed by atoms with Crippen LogP contribution in [0.3, 0.4) is 0 Å². The lowest BCUT2D eigenvalue weighted by Crippen LogP contribution is -2.21. The van der Waals surface area contributed by atoms with Crippen molar-refractivity contribution in [2.24, 2.45) is 0 Å². The van der Waals surface area contributed by atoms with E-state index in [4.69, 9.17) is 25.4 Å². The fourth-order valence-electron chi connectivity index (χ4n) is 1.31. The van der Waals surface area contributed by atoms with Crippen molar-refractivity contribution in [3.8, 4) is 12.3 Å². The molecule has 0 aromatic rings. The van der Waals surface area contributed by atoms with E-state index in [9.17, 15) is 0 Å². The van der Waals surface area contributed by atoms with E-state index in [0.717, 1.165) is 26.0 Å². The minimum Gasteiger partial charge on any atom is -0.379 e. The molecule has 0 heterocycles. The number of unbranched alkanes of at least 4 members (excludes halogenated alkanes) is 1. The molecule has 0 bridgehead atoms. The van der Waals surface area contributed by atoms with Crippen molar-refractivity contribution in [3.63, 3.8) is 0 Å². The molecule has 5 heteroatoms. The van der Waals surface area contributed by atoms with Crippen LogP contribution in [0.2, 0.25) is 0 Å². The molecule has 0 aromatic heterocycles. The van der Waals surface area contributed by atoms with Gasteiger partial charge in [0, 0.05) is 13.2 Å². The Labute approximate surface area is 123 Å². The molecule has 0 amide bonds. The highest BCUT2D eigenvalue weighted by molar-refractivity contribution is 4.86. The normalized spacial score (nSPS) is 10.6. The smallest absolute Gasteiger partial charge is 0.0701 e. The lowest BCUT2D eigenvalue weighted by atomic mass is 10.4. The number of hydrogen-bond acceptors (Lipinski definition) is 5. The fourth-order valence-corrected chi connectivity index (χ4v) is 1.31. The summed E-state index contributed by atoms with van der Waals surface area (Å²) in [6.07, 6.45) is 7.37. The largest absolute Gasteiger partial charge is 0.379 e. The number of terminal acetylenes is 1. The van der Waals surface area contributed by atoms with Crippen molar-refractivity contribution < 1.29 is 18.9 Å². The summed E-state index contributed by atoms with van der Waals surface area (Å²) < 4.78 is 21.4. The van der Waals surface area contributed by atoms with Crippen molar-refractivity contribution in [2.75, 3.05) is 65.9 Å². The van der Waals surface area contributed by atoms with Gasteiger partial charge in [-0.05, 0) is 6.42 Å². The number of nitrogens with one attached hydrogen (secondary N) is 1. The maximum atomic E-state index is 5.37. The molecule has 5 nitrogen and oxygen atoms in total. The lowest BCUT2D eigenvalue weighted by Gasteiger charge is -2.07. The number of ether oxygens (including phenoxy) is 4. The average Bonchev–Trinajstić information content (AvgIpc) is 2.47. The van der Waals surface area contributed by atoms with E-state index in [1.165, 1.54) is 0 Å². The summed E-state index contributed by atoms with van der Waals surface area (Å²) in [5.74, 6) is 2.50.